The number of hydrogen-bond donors (Lipinski definition) is 0. The molecular weight excluding hydrogens is 154 g/mol. The third-order valence-electron chi connectivity index (χ3n) is 3.55. The van der Waals surface area contributed by atoms with Crippen LogP contribution < -0.4 is 0 Å². The van der Waals surface area contributed by atoms with Gasteiger partial charge in [0, 0.05) is 19.7 Å². The van der Waals surface area contributed by atoms with Crippen molar-refractivity contribution in [1.82, 2.24) is 4.90 Å². The van der Waals surface area contributed by atoms with E-state index in [0.29, 0.717) is 12.1 Å². The van der Waals surface area contributed by atoms with Crippen molar-refractivity contribution >= 4 is 0 Å². The number of hydrogen-bond acceptors (Lipinski definition) is 3. The number of fused-ring (bicyclic) bond motifs is 3. The van der Waals surface area contributed by atoms with E-state index in [-0.39, 0.29) is 5.60 Å². The number of ether oxygens (including phenoxy) is 2. The van der Waals surface area contributed by atoms with Crippen LogP contribution in [0.2, 0.25) is 0 Å². The zero-order valence-electron chi connectivity index (χ0n) is 7.45. The van der Waals surface area contributed by atoms with Crippen LogP contribution in [0.15, 0.2) is 0 Å². The van der Waals surface area contributed by atoms with Crippen LogP contribution in [0.1, 0.15) is 12.8 Å². The van der Waals surface area contributed by atoms with E-state index < -0.39 is 0 Å². The van der Waals surface area contributed by atoms with E-state index in [9.17, 15) is 0 Å². The van der Waals surface area contributed by atoms with Gasteiger partial charge in [0.1, 0.15) is 11.7 Å². The first kappa shape index (κ1) is 7.30. The van der Waals surface area contributed by atoms with Crippen molar-refractivity contribution in [3.05, 3.63) is 0 Å². The molecule has 12 heavy (non-hydrogen) atoms. The molecule has 3 aliphatic rings. The van der Waals surface area contributed by atoms with Gasteiger partial charge in [0.25, 0.3) is 0 Å². The molecule has 0 amide bonds. The molecule has 0 spiro atoms. The van der Waals surface area contributed by atoms with Crippen LogP contribution in [-0.4, -0.2) is 49.5 Å². The van der Waals surface area contributed by atoms with Crippen LogP contribution in [0.3, 0.4) is 0 Å². The van der Waals surface area contributed by atoms with E-state index in [1.807, 2.05) is 0 Å². The molecule has 0 aromatic heterocycles. The Hall–Kier alpha value is -0.120. The number of methoxy groups -OCH3 is 1. The van der Waals surface area contributed by atoms with E-state index in [1.54, 1.807) is 7.11 Å². The van der Waals surface area contributed by atoms with Crippen molar-refractivity contribution in [3.8, 4) is 0 Å². The predicted octanol–water partition coefficient (Wildman–Crippen LogP) is 0.248. The zero-order chi connectivity index (χ0) is 8.18. The number of epoxide rings is 1. The molecule has 3 heteroatoms. The molecule has 3 nitrogen and oxygen atoms in total. The molecule has 68 valence electrons. The third kappa shape index (κ3) is 0.721. The number of nitrogens with zero attached hydrogens (tertiary/aromatic N) is 1. The summed E-state index contributed by atoms with van der Waals surface area (Å²) in [5, 5.41) is 0. The molecule has 3 saturated heterocycles. The maximum atomic E-state index is 5.73. The topological polar surface area (TPSA) is 25.0 Å². The largest absolute Gasteiger partial charge is 0.382 e. The zero-order valence-corrected chi connectivity index (χ0v) is 7.45. The smallest absolute Gasteiger partial charge is 0.135 e. The van der Waals surface area contributed by atoms with Crippen molar-refractivity contribution in [3.63, 3.8) is 0 Å². The van der Waals surface area contributed by atoms with E-state index in [4.69, 9.17) is 9.47 Å². The van der Waals surface area contributed by atoms with E-state index in [1.165, 1.54) is 19.4 Å². The number of rotatable bonds is 2. The first-order chi connectivity index (χ1) is 5.87. The summed E-state index contributed by atoms with van der Waals surface area (Å²) in [7, 11) is 1.77. The van der Waals surface area contributed by atoms with Crippen molar-refractivity contribution in [2.75, 3.05) is 26.8 Å². The van der Waals surface area contributed by atoms with Gasteiger partial charge in [0.05, 0.1) is 6.61 Å². The van der Waals surface area contributed by atoms with Gasteiger partial charge in [0.2, 0.25) is 0 Å². The lowest BCUT2D eigenvalue weighted by Gasteiger charge is -2.22. The molecule has 0 aliphatic carbocycles. The minimum atomic E-state index is 0.116. The first-order valence-corrected chi connectivity index (χ1v) is 4.77. The Bertz CT molecular complexity index is 209. The molecule has 3 fully saturated rings. The Kier molecular flexibility index (Phi) is 1.35. The van der Waals surface area contributed by atoms with Gasteiger partial charge in [-0.05, 0) is 19.4 Å². The molecule has 0 aromatic rings. The highest BCUT2D eigenvalue weighted by Crippen LogP contribution is 2.51. The summed E-state index contributed by atoms with van der Waals surface area (Å²) in [4.78, 5) is 2.56. The third-order valence-corrected chi connectivity index (χ3v) is 3.55. The molecule has 3 heterocycles. The van der Waals surface area contributed by atoms with Gasteiger partial charge in [-0.3, -0.25) is 4.90 Å². The Labute approximate surface area is 72.6 Å². The second kappa shape index (κ2) is 2.22. The lowest BCUT2D eigenvalue weighted by molar-refractivity contribution is 0.0617. The van der Waals surface area contributed by atoms with Crippen molar-refractivity contribution < 1.29 is 9.47 Å². The summed E-state index contributed by atoms with van der Waals surface area (Å²) in [6, 6.07) is 0.669. The fraction of sp³-hybridized carbons (Fsp3) is 1.00. The van der Waals surface area contributed by atoms with Gasteiger partial charge in [-0.15, -0.1) is 0 Å². The lowest BCUT2D eigenvalue weighted by Crippen LogP contribution is -2.38. The van der Waals surface area contributed by atoms with Crippen molar-refractivity contribution in [2.45, 2.75) is 30.6 Å². The lowest BCUT2D eigenvalue weighted by atomic mass is 9.99. The van der Waals surface area contributed by atoms with Gasteiger partial charge in [-0.25, -0.2) is 0 Å². The number of morpholine rings is 1. The second-order valence-corrected chi connectivity index (χ2v) is 4.15. The summed E-state index contributed by atoms with van der Waals surface area (Å²) in [5.41, 5.74) is 0.116. The van der Waals surface area contributed by atoms with Crippen LogP contribution in [0.4, 0.5) is 0 Å². The van der Waals surface area contributed by atoms with Crippen LogP contribution >= 0.6 is 0 Å². The van der Waals surface area contributed by atoms with Crippen LogP contribution in [-0.2, 0) is 9.47 Å². The van der Waals surface area contributed by atoms with Crippen molar-refractivity contribution in [2.24, 2.45) is 0 Å². The van der Waals surface area contributed by atoms with Gasteiger partial charge in [-0.2, -0.15) is 0 Å². The maximum absolute atomic E-state index is 5.73. The fourth-order valence-corrected chi connectivity index (χ4v) is 2.98. The maximum Gasteiger partial charge on any atom is 0.135 e. The van der Waals surface area contributed by atoms with Gasteiger partial charge >= 0.3 is 0 Å². The Morgan fingerprint density at radius 1 is 1.67 bits per heavy atom. The summed E-state index contributed by atoms with van der Waals surface area (Å²) in [5.74, 6) is 0. The predicted molar refractivity (Wildman–Crippen MR) is 44.1 cm³/mol. The van der Waals surface area contributed by atoms with Crippen LogP contribution in [0, 0.1) is 0 Å². The van der Waals surface area contributed by atoms with Crippen LogP contribution in [0.5, 0.6) is 0 Å². The normalized spacial score (nSPS) is 50.8. The second-order valence-electron chi connectivity index (χ2n) is 4.15. The molecule has 3 rings (SSSR count). The SMILES string of the molecule is COC[C@@]12O[C@H]1CN1CCC[C@H]12. The monoisotopic (exact) mass is 169 g/mol. The average Bonchev–Trinajstić information content (AvgIpc) is 2.44. The summed E-state index contributed by atoms with van der Waals surface area (Å²) < 4.78 is 11.0. The molecule has 0 saturated carbocycles. The highest BCUT2D eigenvalue weighted by Gasteiger charge is 2.68. The molecular formula is C9H15NO2. The molecule has 0 aromatic carbocycles. The van der Waals surface area contributed by atoms with Gasteiger partial charge in [0.15, 0.2) is 0 Å². The quantitative estimate of drug-likeness (QED) is 0.554. The Balaban J connectivity index is 1.81. The Morgan fingerprint density at radius 3 is 3.42 bits per heavy atom. The first-order valence-electron chi connectivity index (χ1n) is 4.77. The van der Waals surface area contributed by atoms with Crippen LogP contribution in [0.25, 0.3) is 0 Å². The van der Waals surface area contributed by atoms with E-state index in [2.05, 4.69) is 4.90 Å². The highest BCUT2D eigenvalue weighted by atomic mass is 16.6. The minimum Gasteiger partial charge on any atom is -0.382 e. The minimum absolute atomic E-state index is 0.116. The Morgan fingerprint density at radius 2 is 2.58 bits per heavy atom. The standard InChI is InChI=1S/C9H15NO2/c1-11-6-9-7-3-2-4-10(7)5-8(9)12-9/h7-8H,2-6H2,1H3/t7-,8-,9-/m0/s1. The molecule has 3 atom stereocenters. The fourth-order valence-electron chi connectivity index (χ4n) is 2.98. The average molecular weight is 169 g/mol. The summed E-state index contributed by atoms with van der Waals surface area (Å²) >= 11 is 0. The molecule has 0 N–H and O–H groups in total. The van der Waals surface area contributed by atoms with E-state index in [0.717, 1.165) is 13.2 Å². The molecule has 0 unspecified atom stereocenters. The molecule has 3 aliphatic heterocycles. The van der Waals surface area contributed by atoms with Crippen molar-refractivity contribution in [1.29, 1.82) is 0 Å². The highest BCUT2D eigenvalue weighted by molar-refractivity contribution is 5.19. The van der Waals surface area contributed by atoms with Gasteiger partial charge < -0.3 is 9.47 Å². The van der Waals surface area contributed by atoms with E-state index >= 15 is 0 Å². The summed E-state index contributed by atoms with van der Waals surface area (Å²) in [6.07, 6.45) is 3.13. The van der Waals surface area contributed by atoms with Gasteiger partial charge in [-0.1, -0.05) is 0 Å². The summed E-state index contributed by atoms with van der Waals surface area (Å²) in [6.45, 7) is 3.21. The molecule has 0 radical (unpaired) electrons. The molecule has 0 bridgehead atoms.